The van der Waals surface area contributed by atoms with Crippen LogP contribution in [0.3, 0.4) is 0 Å². The third kappa shape index (κ3) is 9.22. The first-order valence-electron chi connectivity index (χ1n) is 47.1. The molecule has 1 aliphatic carbocycles. The Kier molecular flexibility index (Phi) is 13.5. The van der Waals surface area contributed by atoms with Crippen LogP contribution in [0.1, 0.15) is 11.1 Å². The van der Waals surface area contributed by atoms with Gasteiger partial charge in [-0.15, -0.1) is 0 Å². The zero-order valence-electron chi connectivity index (χ0n) is 73.2. The summed E-state index contributed by atoms with van der Waals surface area (Å²) in [6.45, 7) is 0. The SMILES string of the molecule is c1ccc2c(c1)Cc1c(-c3cc4c5ccc6c7ccccc7oc6c5n5c4c(c3)c3ccc4c6ccccc6oc4c35)cccc1-2.c1ccc2c(c1)oc1c2ccc2c3cc(-c4cccc5oc6ccccc6c45)cc4c5ccc6c7ccccc7oc6c5n(c34)c21.c1ccc2c(c1)oc1cc(-c3cc4c5ccc6c7ccccc7oc6c5n5c4c(c3)c3ccc4c6ccccc6oc4c35)ccc12. The first kappa shape index (κ1) is 72.1. The Morgan fingerprint density at radius 3 is 0.783 bits per heavy atom. The van der Waals surface area contributed by atoms with Crippen LogP contribution in [-0.2, 0) is 6.42 Å². The number of furan rings is 8. The van der Waals surface area contributed by atoms with Crippen molar-refractivity contribution in [2.45, 2.75) is 6.42 Å². The summed E-state index contributed by atoms with van der Waals surface area (Å²) < 4.78 is 60.0. The van der Waals surface area contributed by atoms with Gasteiger partial charge in [-0.25, -0.2) is 0 Å². The van der Waals surface area contributed by atoms with Crippen LogP contribution >= 0.6 is 0 Å². The molecule has 0 spiro atoms. The molecule has 0 saturated heterocycles. The maximum atomic E-state index is 6.71. The predicted molar refractivity (Wildman–Crippen MR) is 566 cm³/mol. The molecule has 0 amide bonds. The standard InChI is InChI=1S/C43H23NO2.2C42H21NO3/c1-2-9-25-23(8-1)20-34-26(12-7-13-27(25)34)24-21-35-30-16-18-32-28-10-3-5-14-37(28)45-42(32)40(30)44-39(35)36(22-24)31-17-19-33-29-11-4-6-15-38(29)46-43(33)41(31)44;1-4-12-33-24(8-1)28-18-16-26-31-20-22(23-11-7-15-36-37(23)30-10-3-6-14-35(30)44-36)21-32-27-17-19-29-25-9-2-5-13-34(25)46-42(29)40(27)43(38(31)32)39(26)41(28)45-33;1-4-10-34-24(7-1)27-14-13-22(21-37(27)44-34)23-19-32-28-15-17-30-25-8-2-5-11-35(25)45-41(30)39(28)43-38(32)33(20-23)29-16-18-31-26-9-3-6-12-36(26)46-42(31)40(29)43/h1-19,21-22H,20H2;2*1-21H. The Morgan fingerprint density at radius 1 is 0.145 bits per heavy atom. The molecule has 0 aliphatic heterocycles. The van der Waals surface area contributed by atoms with Gasteiger partial charge in [-0.05, 0) is 202 Å². The molecule has 0 bridgehead atoms. The summed E-state index contributed by atoms with van der Waals surface area (Å²) in [5, 5.41) is 32.3. The highest BCUT2D eigenvalue weighted by molar-refractivity contribution is 6.37. The molecule has 11 heteroatoms. The van der Waals surface area contributed by atoms with Gasteiger partial charge < -0.3 is 48.5 Å². The fraction of sp³-hybridized carbons (Fsp3) is 0.00787. The minimum absolute atomic E-state index is 0.891. The van der Waals surface area contributed by atoms with Crippen LogP contribution in [0.2, 0.25) is 0 Å². The average Bonchev–Trinajstić information content (AvgIpc) is 1.52. The molecular formula is C127H65N3O8. The monoisotopic (exact) mass is 1760 g/mol. The van der Waals surface area contributed by atoms with Crippen LogP contribution in [0.15, 0.2) is 418 Å². The van der Waals surface area contributed by atoms with E-state index in [0.29, 0.717) is 0 Å². The molecule has 14 aromatic heterocycles. The molecule has 138 heavy (non-hydrogen) atoms. The molecule has 0 N–H and O–H groups in total. The highest BCUT2D eigenvalue weighted by atomic mass is 16.4. The van der Waals surface area contributed by atoms with Crippen molar-refractivity contribution in [1.82, 2.24) is 13.2 Å². The first-order chi connectivity index (χ1) is 68.4. The minimum atomic E-state index is 0.891. The number of benzene rings is 21. The molecule has 0 saturated carbocycles. The highest BCUT2D eigenvalue weighted by Gasteiger charge is 2.33. The number of nitrogens with zero attached hydrogens (tertiary/aromatic N) is 3. The topological polar surface area (TPSA) is 118 Å². The van der Waals surface area contributed by atoms with Gasteiger partial charge in [-0.2, -0.15) is 0 Å². The van der Waals surface area contributed by atoms with E-state index < -0.39 is 0 Å². The second kappa shape index (κ2) is 25.8. The van der Waals surface area contributed by atoms with Gasteiger partial charge in [0.15, 0.2) is 33.5 Å². The highest BCUT2D eigenvalue weighted by Crippen LogP contribution is 2.55. The molecule has 636 valence electrons. The van der Waals surface area contributed by atoms with E-state index in [2.05, 4.69) is 335 Å². The quantitative estimate of drug-likeness (QED) is 0.172. The Morgan fingerprint density at radius 2 is 0.399 bits per heavy atom. The van der Waals surface area contributed by atoms with E-state index in [0.717, 1.165) is 259 Å². The molecule has 36 rings (SSSR count). The lowest BCUT2D eigenvalue weighted by atomic mass is 9.93. The summed E-state index contributed by atoms with van der Waals surface area (Å²) in [7, 11) is 0. The van der Waals surface area contributed by atoms with Crippen LogP contribution in [0.5, 0.6) is 0 Å². The zero-order valence-corrected chi connectivity index (χ0v) is 73.2. The van der Waals surface area contributed by atoms with E-state index in [9.17, 15) is 0 Å². The number of aromatic nitrogens is 3. The molecule has 11 nitrogen and oxygen atoms in total. The lowest BCUT2D eigenvalue weighted by Crippen LogP contribution is -1.88. The molecule has 0 unspecified atom stereocenters. The minimum Gasteiger partial charge on any atom is -0.456 e. The van der Waals surface area contributed by atoms with Crippen LogP contribution in [0, 0.1) is 0 Å². The molecule has 0 atom stereocenters. The fourth-order valence-electron chi connectivity index (χ4n) is 25.0. The molecule has 14 heterocycles. The van der Waals surface area contributed by atoms with Crippen LogP contribution in [0.4, 0.5) is 0 Å². The summed E-state index contributed by atoms with van der Waals surface area (Å²) in [6.07, 6.45) is 0.951. The number of fused-ring (bicyclic) bond motifs is 51. The van der Waals surface area contributed by atoms with Gasteiger partial charge in [0.2, 0.25) is 0 Å². The third-order valence-corrected chi connectivity index (χ3v) is 30.8. The number of hydrogen-bond acceptors (Lipinski definition) is 8. The van der Waals surface area contributed by atoms with Crippen molar-refractivity contribution in [3.8, 4) is 44.5 Å². The summed E-state index contributed by atoms with van der Waals surface area (Å²) in [5.41, 5.74) is 37.1. The number of hydrogen-bond donors (Lipinski definition) is 0. The van der Waals surface area contributed by atoms with E-state index in [1.165, 1.54) is 93.0 Å². The lowest BCUT2D eigenvalue weighted by molar-refractivity contribution is 0.668. The second-order valence-corrected chi connectivity index (χ2v) is 37.6. The Labute approximate surface area is 777 Å². The fourth-order valence-corrected chi connectivity index (χ4v) is 25.0. The zero-order chi connectivity index (χ0) is 89.0. The molecule has 21 aromatic carbocycles. The smallest absolute Gasteiger partial charge is 0.160 e. The summed E-state index contributed by atoms with van der Waals surface area (Å²) in [4.78, 5) is 0. The van der Waals surface area contributed by atoms with E-state index in [-0.39, 0.29) is 0 Å². The van der Waals surface area contributed by atoms with Gasteiger partial charge in [-0.1, -0.05) is 243 Å². The van der Waals surface area contributed by atoms with Crippen molar-refractivity contribution in [3.63, 3.8) is 0 Å². The van der Waals surface area contributed by atoms with Crippen molar-refractivity contribution >= 4 is 290 Å². The molecule has 0 fully saturated rings. The van der Waals surface area contributed by atoms with Crippen molar-refractivity contribution < 1.29 is 35.3 Å². The van der Waals surface area contributed by atoms with Gasteiger partial charge >= 0.3 is 0 Å². The van der Waals surface area contributed by atoms with Gasteiger partial charge in [0.25, 0.3) is 0 Å². The van der Waals surface area contributed by atoms with Crippen LogP contribution < -0.4 is 0 Å². The largest absolute Gasteiger partial charge is 0.456 e. The summed E-state index contributed by atoms with van der Waals surface area (Å²) in [6, 6.07) is 136. The van der Waals surface area contributed by atoms with Gasteiger partial charge in [0.1, 0.15) is 55.8 Å². The van der Waals surface area contributed by atoms with Crippen molar-refractivity contribution in [2.75, 3.05) is 0 Å². The summed E-state index contributed by atoms with van der Waals surface area (Å²) in [5.74, 6) is 0. The maximum absolute atomic E-state index is 6.71. The van der Waals surface area contributed by atoms with Gasteiger partial charge in [0.05, 0.1) is 49.7 Å². The third-order valence-electron chi connectivity index (χ3n) is 30.8. The van der Waals surface area contributed by atoms with E-state index >= 15 is 0 Å². The van der Waals surface area contributed by atoms with Crippen LogP contribution in [-0.4, -0.2) is 13.2 Å². The maximum Gasteiger partial charge on any atom is 0.160 e. The van der Waals surface area contributed by atoms with E-state index in [1.54, 1.807) is 0 Å². The normalized spacial score (nSPS) is 12.9. The first-order valence-corrected chi connectivity index (χ1v) is 47.1. The number of para-hydroxylation sites is 8. The van der Waals surface area contributed by atoms with E-state index in [4.69, 9.17) is 35.3 Å². The van der Waals surface area contributed by atoms with Crippen molar-refractivity contribution in [1.29, 1.82) is 0 Å². The Balaban J connectivity index is 0.0000000908. The molecular weight excluding hydrogens is 1700 g/mol. The second-order valence-electron chi connectivity index (χ2n) is 37.6. The summed E-state index contributed by atoms with van der Waals surface area (Å²) >= 11 is 0. The van der Waals surface area contributed by atoms with Gasteiger partial charge in [0, 0.05) is 151 Å². The lowest BCUT2D eigenvalue weighted by Gasteiger charge is -2.10. The number of rotatable bonds is 3. The van der Waals surface area contributed by atoms with Crippen LogP contribution in [0.25, 0.3) is 334 Å². The Hall–Kier alpha value is -18.6. The molecule has 35 aromatic rings. The van der Waals surface area contributed by atoms with Gasteiger partial charge in [-0.3, -0.25) is 0 Å². The average molecular weight is 1760 g/mol. The van der Waals surface area contributed by atoms with Crippen molar-refractivity contribution in [3.05, 3.63) is 393 Å². The van der Waals surface area contributed by atoms with E-state index in [1.807, 2.05) is 60.7 Å². The Bertz CT molecular complexity index is 11200. The predicted octanol–water partition coefficient (Wildman–Crippen LogP) is 36.3. The molecule has 1 aliphatic rings. The molecule has 0 radical (unpaired) electrons. The van der Waals surface area contributed by atoms with Crippen molar-refractivity contribution in [2.24, 2.45) is 0 Å².